The molecule has 102 valence electrons. The molecule has 0 amide bonds. The second-order valence-electron chi connectivity index (χ2n) is 4.20. The van der Waals surface area contributed by atoms with E-state index in [2.05, 4.69) is 18.7 Å². The van der Waals surface area contributed by atoms with Crippen molar-refractivity contribution in [2.45, 2.75) is 19.9 Å². The predicted molar refractivity (Wildman–Crippen MR) is 73.7 cm³/mol. The zero-order chi connectivity index (χ0) is 13.4. The number of nitrogens with zero attached hydrogens (tertiary/aromatic N) is 1. The summed E-state index contributed by atoms with van der Waals surface area (Å²) in [7, 11) is 0. The van der Waals surface area contributed by atoms with E-state index in [-0.39, 0.29) is 12.6 Å². The summed E-state index contributed by atoms with van der Waals surface area (Å²) in [6.07, 6.45) is 0. The van der Waals surface area contributed by atoms with Gasteiger partial charge in [0.05, 0.1) is 12.6 Å². The first-order valence-corrected chi connectivity index (χ1v) is 6.53. The van der Waals surface area contributed by atoms with Crippen LogP contribution in [0.15, 0.2) is 24.3 Å². The lowest BCUT2D eigenvalue weighted by Gasteiger charge is -2.20. The molecule has 1 rings (SSSR count). The smallest absolute Gasteiger partial charge is 0.124 e. The highest BCUT2D eigenvalue weighted by atomic mass is 16.5. The Morgan fingerprint density at radius 1 is 1.28 bits per heavy atom. The summed E-state index contributed by atoms with van der Waals surface area (Å²) in [5, 5.41) is 9.11. The number of aliphatic hydroxyl groups excluding tert-OH is 1. The predicted octanol–water partition coefficient (Wildman–Crippen LogP) is 1.40. The minimum Gasteiger partial charge on any atom is -0.492 e. The quantitative estimate of drug-likeness (QED) is 0.734. The van der Waals surface area contributed by atoms with E-state index in [1.807, 2.05) is 24.3 Å². The van der Waals surface area contributed by atoms with Gasteiger partial charge in [-0.15, -0.1) is 0 Å². The Morgan fingerprint density at radius 2 is 1.94 bits per heavy atom. The first kappa shape index (κ1) is 15.0. The molecule has 0 unspecified atom stereocenters. The first-order valence-electron chi connectivity index (χ1n) is 6.53. The average Bonchev–Trinajstić information content (AvgIpc) is 2.43. The van der Waals surface area contributed by atoms with Gasteiger partial charge in [-0.05, 0) is 19.2 Å². The second kappa shape index (κ2) is 8.08. The molecule has 0 saturated heterocycles. The third kappa shape index (κ3) is 4.29. The van der Waals surface area contributed by atoms with E-state index in [4.69, 9.17) is 15.6 Å². The molecule has 1 aromatic carbocycles. The molecule has 4 heteroatoms. The fourth-order valence-electron chi connectivity index (χ4n) is 1.84. The van der Waals surface area contributed by atoms with Crippen LogP contribution in [0.3, 0.4) is 0 Å². The lowest BCUT2D eigenvalue weighted by Crippen LogP contribution is -2.28. The number of nitrogens with two attached hydrogens (primary N) is 1. The molecule has 0 bridgehead atoms. The van der Waals surface area contributed by atoms with Crippen molar-refractivity contribution >= 4 is 0 Å². The van der Waals surface area contributed by atoms with E-state index in [1.165, 1.54) is 0 Å². The Bertz CT molecular complexity index is 340. The zero-order valence-electron chi connectivity index (χ0n) is 11.3. The summed E-state index contributed by atoms with van der Waals surface area (Å²) in [5.74, 6) is 0.770. The SMILES string of the molecule is CCN(CC)CCOc1ccccc1[C@@H](N)CO. The molecule has 4 nitrogen and oxygen atoms in total. The third-order valence-corrected chi connectivity index (χ3v) is 3.07. The van der Waals surface area contributed by atoms with E-state index in [0.717, 1.165) is 30.9 Å². The van der Waals surface area contributed by atoms with Crippen LogP contribution in [0.25, 0.3) is 0 Å². The fourth-order valence-corrected chi connectivity index (χ4v) is 1.84. The van der Waals surface area contributed by atoms with Crippen molar-refractivity contribution in [3.8, 4) is 5.75 Å². The molecule has 0 fully saturated rings. The summed E-state index contributed by atoms with van der Waals surface area (Å²) in [6.45, 7) is 7.79. The van der Waals surface area contributed by atoms with Crippen molar-refractivity contribution < 1.29 is 9.84 Å². The van der Waals surface area contributed by atoms with E-state index in [9.17, 15) is 0 Å². The van der Waals surface area contributed by atoms with Crippen LogP contribution < -0.4 is 10.5 Å². The lowest BCUT2D eigenvalue weighted by molar-refractivity contribution is 0.217. The maximum absolute atomic E-state index is 9.11. The number of aliphatic hydroxyl groups is 1. The highest BCUT2D eigenvalue weighted by molar-refractivity contribution is 5.35. The normalized spacial score (nSPS) is 12.7. The van der Waals surface area contributed by atoms with Crippen molar-refractivity contribution in [2.75, 3.05) is 32.8 Å². The van der Waals surface area contributed by atoms with E-state index < -0.39 is 0 Å². The van der Waals surface area contributed by atoms with Crippen LogP contribution >= 0.6 is 0 Å². The molecule has 0 radical (unpaired) electrons. The Labute approximate surface area is 109 Å². The van der Waals surface area contributed by atoms with Gasteiger partial charge in [0, 0.05) is 12.1 Å². The Kier molecular flexibility index (Phi) is 6.72. The van der Waals surface area contributed by atoms with E-state index in [1.54, 1.807) is 0 Å². The molecule has 18 heavy (non-hydrogen) atoms. The molecule has 0 aliphatic heterocycles. The molecule has 0 aliphatic carbocycles. The Balaban J connectivity index is 2.56. The van der Waals surface area contributed by atoms with E-state index in [0.29, 0.717) is 6.61 Å². The van der Waals surface area contributed by atoms with Gasteiger partial charge >= 0.3 is 0 Å². The van der Waals surface area contributed by atoms with Crippen molar-refractivity contribution in [1.82, 2.24) is 4.90 Å². The third-order valence-electron chi connectivity index (χ3n) is 3.07. The number of hydrogen-bond acceptors (Lipinski definition) is 4. The standard InChI is InChI=1S/C14H24N2O2/c1-3-16(4-2)9-10-18-14-8-6-5-7-12(14)13(15)11-17/h5-8,13,17H,3-4,9-11,15H2,1-2H3/t13-/m0/s1. The molecule has 1 aromatic rings. The first-order chi connectivity index (χ1) is 8.72. The number of likely N-dealkylation sites (N-methyl/N-ethyl adjacent to an activating group) is 1. The zero-order valence-corrected chi connectivity index (χ0v) is 11.3. The van der Waals surface area contributed by atoms with Crippen LogP contribution in [-0.4, -0.2) is 42.9 Å². The second-order valence-corrected chi connectivity index (χ2v) is 4.20. The maximum Gasteiger partial charge on any atom is 0.124 e. The molecule has 0 aliphatic rings. The molecule has 1 atom stereocenters. The van der Waals surface area contributed by atoms with Crippen LogP contribution in [0.4, 0.5) is 0 Å². The molecule has 0 aromatic heterocycles. The van der Waals surface area contributed by atoms with Crippen LogP contribution in [0, 0.1) is 0 Å². The fraction of sp³-hybridized carbons (Fsp3) is 0.571. The van der Waals surface area contributed by atoms with Crippen molar-refractivity contribution in [3.63, 3.8) is 0 Å². The molecule has 3 N–H and O–H groups in total. The maximum atomic E-state index is 9.11. The monoisotopic (exact) mass is 252 g/mol. The van der Waals surface area contributed by atoms with Crippen molar-refractivity contribution in [3.05, 3.63) is 29.8 Å². The topological polar surface area (TPSA) is 58.7 Å². The molecular weight excluding hydrogens is 228 g/mol. The average molecular weight is 252 g/mol. The number of para-hydroxylation sites is 1. The van der Waals surface area contributed by atoms with Gasteiger partial charge in [0.2, 0.25) is 0 Å². The van der Waals surface area contributed by atoms with Crippen LogP contribution in [0.5, 0.6) is 5.75 Å². The van der Waals surface area contributed by atoms with Crippen molar-refractivity contribution in [2.24, 2.45) is 5.73 Å². The van der Waals surface area contributed by atoms with Gasteiger partial charge < -0.3 is 20.5 Å². The van der Waals surface area contributed by atoms with E-state index >= 15 is 0 Å². The largest absolute Gasteiger partial charge is 0.492 e. The van der Waals surface area contributed by atoms with Gasteiger partial charge in [0.15, 0.2) is 0 Å². The van der Waals surface area contributed by atoms with Gasteiger partial charge in [-0.1, -0.05) is 32.0 Å². The van der Waals surface area contributed by atoms with Crippen LogP contribution in [-0.2, 0) is 0 Å². The number of hydrogen-bond donors (Lipinski definition) is 2. The number of benzene rings is 1. The van der Waals surface area contributed by atoms with Crippen LogP contribution in [0.1, 0.15) is 25.5 Å². The summed E-state index contributed by atoms with van der Waals surface area (Å²) in [6, 6.07) is 7.23. The summed E-state index contributed by atoms with van der Waals surface area (Å²) in [4.78, 5) is 2.30. The summed E-state index contributed by atoms with van der Waals surface area (Å²) < 4.78 is 5.76. The van der Waals surface area contributed by atoms with Gasteiger partial charge in [-0.25, -0.2) is 0 Å². The minimum absolute atomic E-state index is 0.0730. The van der Waals surface area contributed by atoms with Gasteiger partial charge in [0.25, 0.3) is 0 Å². The summed E-state index contributed by atoms with van der Waals surface area (Å²) >= 11 is 0. The Hall–Kier alpha value is -1.10. The van der Waals surface area contributed by atoms with Crippen LogP contribution in [0.2, 0.25) is 0 Å². The molecule has 0 saturated carbocycles. The highest BCUT2D eigenvalue weighted by Crippen LogP contribution is 2.23. The lowest BCUT2D eigenvalue weighted by atomic mass is 10.1. The van der Waals surface area contributed by atoms with Crippen molar-refractivity contribution in [1.29, 1.82) is 0 Å². The summed E-state index contributed by atoms with van der Waals surface area (Å²) in [5.41, 5.74) is 6.70. The molecule has 0 spiro atoms. The van der Waals surface area contributed by atoms with Gasteiger partial charge in [0.1, 0.15) is 12.4 Å². The van der Waals surface area contributed by atoms with Gasteiger partial charge in [-0.3, -0.25) is 0 Å². The number of ether oxygens (including phenoxy) is 1. The molecular formula is C14H24N2O2. The number of rotatable bonds is 8. The minimum atomic E-state index is -0.380. The highest BCUT2D eigenvalue weighted by Gasteiger charge is 2.10. The Morgan fingerprint density at radius 3 is 2.56 bits per heavy atom. The van der Waals surface area contributed by atoms with Gasteiger partial charge in [-0.2, -0.15) is 0 Å². The molecule has 0 heterocycles.